The normalized spacial score (nSPS) is 21.0. The maximum absolute atomic E-state index is 9.80. The maximum Gasteiger partial charge on any atom is 0.0628 e. The molecule has 1 saturated carbocycles. The molecule has 0 spiro atoms. The molecule has 1 aliphatic rings. The molecule has 1 rings (SSSR count). The number of nitrogens with zero attached hydrogens (tertiary/aromatic N) is 1. The molecule has 0 aromatic carbocycles. The standard InChI is InChI=1S/C14H30N2O2/c1-5-12(2)16(8-9-18-4)10-14(11-17,15-3)13-6-7-13/h12-13,15,17H,5-11H2,1-4H3. The summed E-state index contributed by atoms with van der Waals surface area (Å²) in [5.74, 6) is 0.626. The Labute approximate surface area is 112 Å². The summed E-state index contributed by atoms with van der Waals surface area (Å²) >= 11 is 0. The molecule has 0 aliphatic heterocycles. The number of likely N-dealkylation sites (N-methyl/N-ethyl adjacent to an activating group) is 1. The van der Waals surface area contributed by atoms with Crippen molar-refractivity contribution in [1.82, 2.24) is 10.2 Å². The number of rotatable bonds is 10. The van der Waals surface area contributed by atoms with E-state index in [-0.39, 0.29) is 12.1 Å². The van der Waals surface area contributed by atoms with Crippen LogP contribution in [0.25, 0.3) is 0 Å². The first-order chi connectivity index (χ1) is 8.63. The fourth-order valence-corrected chi connectivity index (χ4v) is 2.59. The van der Waals surface area contributed by atoms with Gasteiger partial charge in [0.2, 0.25) is 0 Å². The van der Waals surface area contributed by atoms with Crippen molar-refractivity contribution in [1.29, 1.82) is 0 Å². The quantitative estimate of drug-likeness (QED) is 0.616. The third kappa shape index (κ3) is 3.92. The van der Waals surface area contributed by atoms with Gasteiger partial charge in [0.25, 0.3) is 0 Å². The fraction of sp³-hybridized carbons (Fsp3) is 1.00. The van der Waals surface area contributed by atoms with Crippen LogP contribution in [0.1, 0.15) is 33.1 Å². The van der Waals surface area contributed by atoms with Gasteiger partial charge in [-0.25, -0.2) is 0 Å². The van der Waals surface area contributed by atoms with E-state index >= 15 is 0 Å². The van der Waals surface area contributed by atoms with Gasteiger partial charge in [-0.2, -0.15) is 0 Å². The van der Waals surface area contributed by atoms with Gasteiger partial charge in [-0.15, -0.1) is 0 Å². The first kappa shape index (κ1) is 15.9. The highest BCUT2D eigenvalue weighted by molar-refractivity contribution is 5.02. The Balaban J connectivity index is 2.65. The van der Waals surface area contributed by atoms with Gasteiger partial charge >= 0.3 is 0 Å². The van der Waals surface area contributed by atoms with Crippen molar-refractivity contribution < 1.29 is 9.84 Å². The SMILES string of the molecule is CCC(C)N(CCOC)CC(CO)(NC)C1CC1. The van der Waals surface area contributed by atoms with E-state index in [1.807, 2.05) is 7.05 Å². The highest BCUT2D eigenvalue weighted by atomic mass is 16.5. The summed E-state index contributed by atoms with van der Waals surface area (Å²) in [7, 11) is 3.71. The molecule has 0 aromatic rings. The lowest BCUT2D eigenvalue weighted by molar-refractivity contribution is 0.0586. The number of aliphatic hydroxyl groups excluding tert-OH is 1. The Kier molecular flexibility index (Phi) is 6.57. The lowest BCUT2D eigenvalue weighted by atomic mass is 9.92. The molecule has 18 heavy (non-hydrogen) atoms. The van der Waals surface area contributed by atoms with E-state index in [9.17, 15) is 5.11 Å². The summed E-state index contributed by atoms with van der Waals surface area (Å²) < 4.78 is 5.20. The van der Waals surface area contributed by atoms with Gasteiger partial charge in [0.05, 0.1) is 18.8 Å². The van der Waals surface area contributed by atoms with Crippen molar-refractivity contribution in [2.24, 2.45) is 5.92 Å². The Morgan fingerprint density at radius 1 is 1.50 bits per heavy atom. The molecular formula is C14H30N2O2. The van der Waals surface area contributed by atoms with Gasteiger partial charge in [0, 0.05) is 26.2 Å². The van der Waals surface area contributed by atoms with E-state index in [2.05, 4.69) is 24.1 Å². The Morgan fingerprint density at radius 3 is 2.56 bits per heavy atom. The average Bonchev–Trinajstić information content (AvgIpc) is 3.23. The Hall–Kier alpha value is -0.160. The monoisotopic (exact) mass is 258 g/mol. The fourth-order valence-electron chi connectivity index (χ4n) is 2.59. The van der Waals surface area contributed by atoms with Crippen LogP contribution in [-0.4, -0.2) is 62.0 Å². The first-order valence-electron chi connectivity index (χ1n) is 7.16. The molecule has 0 aromatic heterocycles. The molecule has 108 valence electrons. The molecule has 2 unspecified atom stereocenters. The van der Waals surface area contributed by atoms with Crippen LogP contribution in [0.15, 0.2) is 0 Å². The van der Waals surface area contributed by atoms with E-state index in [4.69, 9.17) is 4.74 Å². The molecule has 2 atom stereocenters. The third-order valence-corrected chi connectivity index (χ3v) is 4.42. The molecular weight excluding hydrogens is 228 g/mol. The maximum atomic E-state index is 9.80. The number of hydrogen-bond acceptors (Lipinski definition) is 4. The summed E-state index contributed by atoms with van der Waals surface area (Å²) in [5.41, 5.74) is -0.128. The number of hydrogen-bond donors (Lipinski definition) is 2. The first-order valence-corrected chi connectivity index (χ1v) is 7.16. The van der Waals surface area contributed by atoms with Gasteiger partial charge < -0.3 is 15.2 Å². The summed E-state index contributed by atoms with van der Waals surface area (Å²) in [4.78, 5) is 2.44. The molecule has 4 heteroatoms. The van der Waals surface area contributed by atoms with Crippen LogP contribution in [0.4, 0.5) is 0 Å². The highest BCUT2D eigenvalue weighted by Crippen LogP contribution is 2.40. The minimum absolute atomic E-state index is 0.128. The number of ether oxygens (including phenoxy) is 1. The average molecular weight is 258 g/mol. The molecule has 2 N–H and O–H groups in total. The van der Waals surface area contributed by atoms with Crippen molar-refractivity contribution >= 4 is 0 Å². The molecule has 0 bridgehead atoms. The summed E-state index contributed by atoms with van der Waals surface area (Å²) in [6.45, 7) is 7.26. The Bertz CT molecular complexity index is 228. The summed E-state index contributed by atoms with van der Waals surface area (Å²) in [6.07, 6.45) is 3.60. The van der Waals surface area contributed by atoms with Crippen LogP contribution in [-0.2, 0) is 4.74 Å². The van der Waals surface area contributed by atoms with Crippen LogP contribution in [0, 0.1) is 5.92 Å². The van der Waals surface area contributed by atoms with Crippen LogP contribution in [0.5, 0.6) is 0 Å². The second-order valence-corrected chi connectivity index (χ2v) is 5.56. The van der Waals surface area contributed by atoms with Gasteiger partial charge in [-0.3, -0.25) is 4.90 Å². The molecule has 1 fully saturated rings. The lowest BCUT2D eigenvalue weighted by Crippen LogP contribution is -2.58. The zero-order valence-corrected chi connectivity index (χ0v) is 12.4. The second-order valence-electron chi connectivity index (χ2n) is 5.56. The van der Waals surface area contributed by atoms with E-state index in [0.717, 1.165) is 26.1 Å². The van der Waals surface area contributed by atoms with Crippen LogP contribution < -0.4 is 5.32 Å². The molecule has 0 radical (unpaired) electrons. The van der Waals surface area contributed by atoms with Crippen molar-refractivity contribution in [2.75, 3.05) is 40.5 Å². The van der Waals surface area contributed by atoms with E-state index in [1.54, 1.807) is 7.11 Å². The van der Waals surface area contributed by atoms with E-state index < -0.39 is 0 Å². The number of methoxy groups -OCH3 is 1. The Morgan fingerprint density at radius 2 is 2.17 bits per heavy atom. The molecule has 0 saturated heterocycles. The predicted molar refractivity (Wildman–Crippen MR) is 74.8 cm³/mol. The minimum Gasteiger partial charge on any atom is -0.394 e. The van der Waals surface area contributed by atoms with Crippen molar-refractivity contribution in [2.45, 2.75) is 44.7 Å². The van der Waals surface area contributed by atoms with Crippen molar-refractivity contribution in [3.8, 4) is 0 Å². The zero-order chi connectivity index (χ0) is 13.6. The second kappa shape index (κ2) is 7.43. The summed E-state index contributed by atoms with van der Waals surface area (Å²) in [5, 5.41) is 13.2. The highest BCUT2D eigenvalue weighted by Gasteiger charge is 2.45. The smallest absolute Gasteiger partial charge is 0.0628 e. The predicted octanol–water partition coefficient (Wildman–Crippen LogP) is 1.09. The third-order valence-electron chi connectivity index (χ3n) is 4.42. The van der Waals surface area contributed by atoms with Crippen LogP contribution in [0.3, 0.4) is 0 Å². The van der Waals surface area contributed by atoms with Crippen molar-refractivity contribution in [3.05, 3.63) is 0 Å². The van der Waals surface area contributed by atoms with Crippen LogP contribution in [0.2, 0.25) is 0 Å². The van der Waals surface area contributed by atoms with Crippen LogP contribution >= 0.6 is 0 Å². The zero-order valence-electron chi connectivity index (χ0n) is 12.4. The lowest BCUT2D eigenvalue weighted by Gasteiger charge is -2.40. The van der Waals surface area contributed by atoms with E-state index in [1.165, 1.54) is 12.8 Å². The van der Waals surface area contributed by atoms with Gasteiger partial charge in [0.15, 0.2) is 0 Å². The summed E-state index contributed by atoms with van der Waals surface area (Å²) in [6, 6.07) is 0.526. The molecule has 4 nitrogen and oxygen atoms in total. The number of nitrogens with one attached hydrogen (secondary N) is 1. The van der Waals surface area contributed by atoms with E-state index in [0.29, 0.717) is 12.0 Å². The van der Waals surface area contributed by atoms with Crippen molar-refractivity contribution in [3.63, 3.8) is 0 Å². The molecule has 0 amide bonds. The van der Waals surface area contributed by atoms with Gasteiger partial charge in [-0.1, -0.05) is 6.92 Å². The number of aliphatic hydroxyl groups is 1. The van der Waals surface area contributed by atoms with Gasteiger partial charge in [-0.05, 0) is 39.2 Å². The molecule has 1 aliphatic carbocycles. The topological polar surface area (TPSA) is 44.7 Å². The molecule has 0 heterocycles. The largest absolute Gasteiger partial charge is 0.394 e. The van der Waals surface area contributed by atoms with Gasteiger partial charge in [0.1, 0.15) is 0 Å². The minimum atomic E-state index is -0.128.